The van der Waals surface area contributed by atoms with Gasteiger partial charge >= 0.3 is 0 Å². The van der Waals surface area contributed by atoms with Crippen LogP contribution < -0.4 is 14.8 Å². The van der Waals surface area contributed by atoms with Crippen LogP contribution in [-0.4, -0.2) is 75.9 Å². The van der Waals surface area contributed by atoms with Gasteiger partial charge in [-0.15, -0.1) is 10.2 Å². The molecule has 0 aliphatic carbocycles. The van der Waals surface area contributed by atoms with Crippen molar-refractivity contribution in [2.24, 2.45) is 0 Å². The highest BCUT2D eigenvalue weighted by Crippen LogP contribution is 2.31. The summed E-state index contributed by atoms with van der Waals surface area (Å²) in [5.41, 5.74) is 0.133. The first-order valence-electron chi connectivity index (χ1n) is 12.9. The SMILES string of the molecule is COc1ccc(-c2nnn(CC(=O)N(C[C@H]3CCCO3)[C@H](C(=O)NC(C)(C)C)c3ccc(C)o3)n2)cc1OC. The highest BCUT2D eigenvalue weighted by Gasteiger charge is 2.37. The average Bonchev–Trinajstić information content (AvgIpc) is 3.65. The average molecular weight is 541 g/mol. The Morgan fingerprint density at radius 1 is 1.18 bits per heavy atom. The van der Waals surface area contributed by atoms with Gasteiger partial charge in [0.25, 0.3) is 5.91 Å². The lowest BCUT2D eigenvalue weighted by atomic mass is 10.1. The molecular formula is C27H36N6O6. The van der Waals surface area contributed by atoms with E-state index in [-0.39, 0.29) is 31.0 Å². The molecule has 1 N–H and O–H groups in total. The van der Waals surface area contributed by atoms with E-state index in [1.54, 1.807) is 51.5 Å². The number of furan rings is 1. The molecule has 0 spiro atoms. The molecular weight excluding hydrogens is 504 g/mol. The van der Waals surface area contributed by atoms with Gasteiger partial charge in [0.2, 0.25) is 11.7 Å². The second-order valence-electron chi connectivity index (χ2n) is 10.5. The molecule has 1 aliphatic heterocycles. The molecule has 1 aliphatic rings. The fraction of sp³-hybridized carbons (Fsp3) is 0.519. The van der Waals surface area contributed by atoms with Crippen molar-refractivity contribution < 1.29 is 28.2 Å². The Hall–Kier alpha value is -3.93. The van der Waals surface area contributed by atoms with Crippen LogP contribution in [-0.2, 0) is 20.9 Å². The van der Waals surface area contributed by atoms with Gasteiger partial charge in [0.05, 0.1) is 20.3 Å². The van der Waals surface area contributed by atoms with Gasteiger partial charge in [0.1, 0.15) is 18.1 Å². The molecule has 4 rings (SSSR count). The first-order chi connectivity index (χ1) is 18.6. The van der Waals surface area contributed by atoms with Crippen molar-refractivity contribution in [1.29, 1.82) is 0 Å². The van der Waals surface area contributed by atoms with Crippen molar-refractivity contribution in [2.75, 3.05) is 27.4 Å². The zero-order valence-electron chi connectivity index (χ0n) is 23.3. The summed E-state index contributed by atoms with van der Waals surface area (Å²) in [7, 11) is 3.10. The third kappa shape index (κ3) is 6.94. The number of methoxy groups -OCH3 is 2. The number of tetrazole rings is 1. The normalized spacial score (nSPS) is 16.1. The quantitative estimate of drug-likeness (QED) is 0.412. The molecule has 210 valence electrons. The summed E-state index contributed by atoms with van der Waals surface area (Å²) in [6.07, 6.45) is 1.49. The van der Waals surface area contributed by atoms with Crippen molar-refractivity contribution in [2.45, 2.75) is 64.8 Å². The van der Waals surface area contributed by atoms with E-state index in [1.165, 1.54) is 9.70 Å². The number of benzene rings is 1. The number of hydrogen-bond donors (Lipinski definition) is 1. The van der Waals surface area contributed by atoms with Gasteiger partial charge in [-0.2, -0.15) is 4.80 Å². The molecule has 1 saturated heterocycles. The van der Waals surface area contributed by atoms with Crippen molar-refractivity contribution >= 4 is 11.8 Å². The number of nitrogens with zero attached hydrogens (tertiary/aromatic N) is 5. The van der Waals surface area contributed by atoms with Crippen LogP contribution >= 0.6 is 0 Å². The molecule has 0 bridgehead atoms. The Kier molecular flexibility index (Phi) is 8.54. The van der Waals surface area contributed by atoms with Crippen LogP contribution in [0.15, 0.2) is 34.7 Å². The number of aryl methyl sites for hydroxylation is 1. The molecule has 3 aromatic rings. The van der Waals surface area contributed by atoms with E-state index in [0.717, 1.165) is 12.8 Å². The van der Waals surface area contributed by atoms with Crippen molar-refractivity contribution in [1.82, 2.24) is 30.4 Å². The largest absolute Gasteiger partial charge is 0.493 e. The maximum absolute atomic E-state index is 13.8. The van der Waals surface area contributed by atoms with Gasteiger partial charge in [-0.05, 0) is 76.1 Å². The van der Waals surface area contributed by atoms with Crippen LogP contribution in [0.4, 0.5) is 0 Å². The van der Waals surface area contributed by atoms with E-state index in [0.29, 0.717) is 41.0 Å². The smallest absolute Gasteiger partial charge is 0.251 e. The predicted molar refractivity (Wildman–Crippen MR) is 141 cm³/mol. The molecule has 3 heterocycles. The third-order valence-corrected chi connectivity index (χ3v) is 6.20. The van der Waals surface area contributed by atoms with Gasteiger partial charge in [-0.1, -0.05) is 0 Å². The Labute approximate surface area is 227 Å². The van der Waals surface area contributed by atoms with Gasteiger partial charge in [-0.3, -0.25) is 9.59 Å². The minimum atomic E-state index is -0.997. The summed E-state index contributed by atoms with van der Waals surface area (Å²) in [6.45, 7) is 8.06. The zero-order chi connectivity index (χ0) is 28.2. The molecule has 2 atom stereocenters. The summed E-state index contributed by atoms with van der Waals surface area (Å²) >= 11 is 0. The fourth-order valence-electron chi connectivity index (χ4n) is 4.43. The van der Waals surface area contributed by atoms with Crippen LogP contribution in [0.2, 0.25) is 0 Å². The number of hydrogen-bond acceptors (Lipinski definition) is 9. The maximum Gasteiger partial charge on any atom is 0.251 e. The fourth-order valence-corrected chi connectivity index (χ4v) is 4.43. The number of carbonyl (C=O) groups excluding carboxylic acids is 2. The van der Waals surface area contributed by atoms with E-state index in [9.17, 15) is 9.59 Å². The van der Waals surface area contributed by atoms with E-state index in [1.807, 2.05) is 20.8 Å². The molecule has 12 nitrogen and oxygen atoms in total. The second kappa shape index (κ2) is 11.9. The summed E-state index contributed by atoms with van der Waals surface area (Å²) in [6, 6.07) is 7.76. The standard InChI is InChI=1S/C27H36N6O6/c1-17-9-11-21(39-17)24(26(35)28-27(2,3)4)32(15-19-8-7-13-38-19)23(34)16-33-30-25(29-31-33)18-10-12-20(36-5)22(14-18)37-6/h9-12,14,19,24H,7-8,13,15-16H2,1-6H3,(H,28,35)/t19-,24+/m1/s1. The Bertz CT molecular complexity index is 1290. The minimum Gasteiger partial charge on any atom is -0.493 e. The molecule has 39 heavy (non-hydrogen) atoms. The number of rotatable bonds is 10. The monoisotopic (exact) mass is 540 g/mol. The first-order valence-corrected chi connectivity index (χ1v) is 12.9. The van der Waals surface area contributed by atoms with Gasteiger partial charge < -0.3 is 28.8 Å². The Balaban J connectivity index is 1.62. The van der Waals surface area contributed by atoms with Crippen LogP contribution in [0.3, 0.4) is 0 Å². The second-order valence-corrected chi connectivity index (χ2v) is 10.5. The number of amides is 2. The van der Waals surface area contributed by atoms with Gasteiger partial charge in [0.15, 0.2) is 17.5 Å². The lowest BCUT2D eigenvalue weighted by Gasteiger charge is -2.33. The molecule has 2 amide bonds. The summed E-state index contributed by atoms with van der Waals surface area (Å²) < 4.78 is 22.3. The van der Waals surface area contributed by atoms with Crippen molar-refractivity contribution in [3.05, 3.63) is 41.9 Å². The highest BCUT2D eigenvalue weighted by atomic mass is 16.5. The van der Waals surface area contributed by atoms with Crippen LogP contribution in [0, 0.1) is 6.92 Å². The van der Waals surface area contributed by atoms with Crippen LogP contribution in [0.25, 0.3) is 11.4 Å². The van der Waals surface area contributed by atoms with Gasteiger partial charge in [0, 0.05) is 24.3 Å². The van der Waals surface area contributed by atoms with E-state index in [4.69, 9.17) is 18.6 Å². The van der Waals surface area contributed by atoms with E-state index in [2.05, 4.69) is 20.7 Å². The summed E-state index contributed by atoms with van der Waals surface area (Å²) in [4.78, 5) is 30.1. The molecule has 0 saturated carbocycles. The van der Waals surface area contributed by atoms with Crippen LogP contribution in [0.5, 0.6) is 11.5 Å². The number of carbonyl (C=O) groups is 2. The summed E-state index contributed by atoms with van der Waals surface area (Å²) in [5, 5.41) is 15.6. The molecule has 2 aromatic heterocycles. The highest BCUT2D eigenvalue weighted by molar-refractivity contribution is 5.88. The van der Waals surface area contributed by atoms with E-state index >= 15 is 0 Å². The number of aromatic nitrogens is 4. The van der Waals surface area contributed by atoms with Crippen molar-refractivity contribution in [3.8, 4) is 22.9 Å². The number of nitrogens with one attached hydrogen (secondary N) is 1. The minimum absolute atomic E-state index is 0.194. The first kappa shape index (κ1) is 28.1. The topological polar surface area (TPSA) is 134 Å². The predicted octanol–water partition coefficient (Wildman–Crippen LogP) is 2.92. The molecule has 0 unspecified atom stereocenters. The lowest BCUT2D eigenvalue weighted by Crippen LogP contribution is -2.51. The van der Waals surface area contributed by atoms with Crippen molar-refractivity contribution in [3.63, 3.8) is 0 Å². The summed E-state index contributed by atoms with van der Waals surface area (Å²) in [5.74, 6) is 1.70. The lowest BCUT2D eigenvalue weighted by molar-refractivity contribution is -0.144. The third-order valence-electron chi connectivity index (χ3n) is 6.20. The van der Waals surface area contributed by atoms with Crippen LogP contribution in [0.1, 0.15) is 51.2 Å². The van der Waals surface area contributed by atoms with Gasteiger partial charge in [-0.25, -0.2) is 0 Å². The molecule has 1 fully saturated rings. The molecule has 0 radical (unpaired) electrons. The molecule has 12 heteroatoms. The Morgan fingerprint density at radius 2 is 1.95 bits per heavy atom. The van der Waals surface area contributed by atoms with E-state index < -0.39 is 11.6 Å². The molecule has 1 aromatic carbocycles. The zero-order valence-corrected chi connectivity index (χ0v) is 23.3. The Morgan fingerprint density at radius 3 is 2.56 bits per heavy atom. The maximum atomic E-state index is 13.8. The number of ether oxygens (including phenoxy) is 3.